The Morgan fingerprint density at radius 2 is 1.74 bits per heavy atom. The molecule has 4 heteroatoms. The number of carbonyl (C=O) groups is 2. The second-order valence-corrected chi connectivity index (χ2v) is 4.49. The zero-order chi connectivity index (χ0) is 13.6. The third-order valence-corrected chi connectivity index (χ3v) is 3.42. The first-order valence-electron chi connectivity index (χ1n) is 5.79. The van der Waals surface area contributed by atoms with E-state index < -0.39 is 11.9 Å². The molecule has 3 rings (SSSR count). The number of aromatic carboxylic acids is 2. The highest BCUT2D eigenvalue weighted by Gasteiger charge is 2.24. The van der Waals surface area contributed by atoms with Gasteiger partial charge in [-0.3, -0.25) is 0 Å². The van der Waals surface area contributed by atoms with Crippen LogP contribution in [0.4, 0.5) is 0 Å². The number of fused-ring (bicyclic) bond motifs is 3. The Kier molecular flexibility index (Phi) is 2.38. The molecule has 2 aromatic carbocycles. The Bertz CT molecular complexity index is 716. The van der Waals surface area contributed by atoms with E-state index in [0.29, 0.717) is 6.42 Å². The highest BCUT2D eigenvalue weighted by Crippen LogP contribution is 2.38. The predicted octanol–water partition coefficient (Wildman–Crippen LogP) is 2.65. The van der Waals surface area contributed by atoms with Crippen LogP contribution < -0.4 is 0 Å². The summed E-state index contributed by atoms with van der Waals surface area (Å²) in [5.74, 6) is -1.94. The normalized spacial score (nSPS) is 11.8. The molecule has 0 saturated carbocycles. The third-order valence-electron chi connectivity index (χ3n) is 3.42. The summed E-state index contributed by atoms with van der Waals surface area (Å²) in [6, 6.07) is 10.0. The summed E-state index contributed by atoms with van der Waals surface area (Å²) in [5.41, 5.74) is 3.86. The highest BCUT2D eigenvalue weighted by atomic mass is 16.4. The summed E-state index contributed by atoms with van der Waals surface area (Å²) >= 11 is 0. The molecule has 0 saturated heterocycles. The van der Waals surface area contributed by atoms with Gasteiger partial charge in [-0.05, 0) is 46.9 Å². The Morgan fingerprint density at radius 3 is 2.42 bits per heavy atom. The molecule has 0 radical (unpaired) electrons. The first kappa shape index (κ1) is 11.5. The molecule has 2 aromatic rings. The van der Waals surface area contributed by atoms with Crippen molar-refractivity contribution in [1.29, 1.82) is 0 Å². The van der Waals surface area contributed by atoms with E-state index in [-0.39, 0.29) is 11.1 Å². The molecule has 19 heavy (non-hydrogen) atoms. The summed E-state index contributed by atoms with van der Waals surface area (Å²) in [6.07, 6.45) is 0.535. The van der Waals surface area contributed by atoms with Crippen LogP contribution in [0, 0.1) is 0 Å². The Morgan fingerprint density at radius 1 is 0.947 bits per heavy atom. The van der Waals surface area contributed by atoms with Crippen LogP contribution >= 0.6 is 0 Å². The Labute approximate surface area is 108 Å². The minimum Gasteiger partial charge on any atom is -0.478 e. The maximum atomic E-state index is 11.2. The lowest BCUT2D eigenvalue weighted by atomic mass is 10.0. The standard InChI is InChI=1S/C15H10O4/c16-14(17)9-5-4-8-6-13-10(12(8)7-9)2-1-3-11(13)15(18)19/h1-5,7H,6H2,(H,16,17)(H,18,19). The number of carboxylic acids is 2. The molecule has 0 heterocycles. The largest absolute Gasteiger partial charge is 0.478 e. The lowest BCUT2D eigenvalue weighted by molar-refractivity contribution is 0.0685. The number of hydrogen-bond donors (Lipinski definition) is 2. The van der Waals surface area contributed by atoms with Crippen molar-refractivity contribution in [3.63, 3.8) is 0 Å². The topological polar surface area (TPSA) is 74.6 Å². The third kappa shape index (κ3) is 1.69. The van der Waals surface area contributed by atoms with Crippen LogP contribution in [0.25, 0.3) is 11.1 Å². The van der Waals surface area contributed by atoms with Crippen LogP contribution in [-0.4, -0.2) is 22.2 Å². The van der Waals surface area contributed by atoms with Crippen molar-refractivity contribution in [3.8, 4) is 11.1 Å². The molecular formula is C15H10O4. The smallest absolute Gasteiger partial charge is 0.335 e. The second kappa shape index (κ2) is 3.95. The number of carboxylic acid groups (broad SMARTS) is 2. The lowest BCUT2D eigenvalue weighted by Gasteiger charge is -2.04. The minimum atomic E-state index is -0.981. The average Bonchev–Trinajstić information content (AvgIpc) is 2.75. The van der Waals surface area contributed by atoms with E-state index in [9.17, 15) is 14.7 Å². The summed E-state index contributed by atoms with van der Waals surface area (Å²) < 4.78 is 0. The zero-order valence-electron chi connectivity index (χ0n) is 9.88. The van der Waals surface area contributed by atoms with Crippen molar-refractivity contribution in [2.24, 2.45) is 0 Å². The van der Waals surface area contributed by atoms with Gasteiger partial charge < -0.3 is 10.2 Å². The van der Waals surface area contributed by atoms with Gasteiger partial charge >= 0.3 is 11.9 Å². The first-order chi connectivity index (χ1) is 9.08. The fourth-order valence-electron chi connectivity index (χ4n) is 2.53. The van der Waals surface area contributed by atoms with Crippen LogP contribution in [0.2, 0.25) is 0 Å². The maximum Gasteiger partial charge on any atom is 0.335 e. The number of hydrogen-bond acceptors (Lipinski definition) is 2. The van der Waals surface area contributed by atoms with Crippen molar-refractivity contribution in [1.82, 2.24) is 0 Å². The number of benzene rings is 2. The first-order valence-corrected chi connectivity index (χ1v) is 5.79. The molecule has 0 unspecified atom stereocenters. The molecule has 1 aliphatic carbocycles. The number of rotatable bonds is 2. The Hall–Kier alpha value is -2.62. The van der Waals surface area contributed by atoms with Gasteiger partial charge in [-0.15, -0.1) is 0 Å². The SMILES string of the molecule is O=C(O)c1ccc2c(c1)-c1cccc(C(=O)O)c1C2. The van der Waals surface area contributed by atoms with Crippen molar-refractivity contribution in [3.05, 3.63) is 58.7 Å². The van der Waals surface area contributed by atoms with Crippen LogP contribution in [0.15, 0.2) is 36.4 Å². The van der Waals surface area contributed by atoms with Gasteiger partial charge in [-0.25, -0.2) is 9.59 Å². The van der Waals surface area contributed by atoms with Crippen LogP contribution in [0.3, 0.4) is 0 Å². The van der Waals surface area contributed by atoms with E-state index in [0.717, 1.165) is 22.3 Å². The summed E-state index contributed by atoms with van der Waals surface area (Å²) in [5, 5.41) is 18.2. The van der Waals surface area contributed by atoms with Gasteiger partial charge in [0.25, 0.3) is 0 Å². The molecule has 0 spiro atoms. The van der Waals surface area contributed by atoms with Gasteiger partial charge in [-0.2, -0.15) is 0 Å². The van der Waals surface area contributed by atoms with Gasteiger partial charge in [0.15, 0.2) is 0 Å². The molecule has 0 aromatic heterocycles. The van der Waals surface area contributed by atoms with E-state index in [1.165, 1.54) is 0 Å². The molecule has 0 bridgehead atoms. The minimum absolute atomic E-state index is 0.215. The van der Waals surface area contributed by atoms with E-state index >= 15 is 0 Å². The van der Waals surface area contributed by atoms with Crippen molar-refractivity contribution >= 4 is 11.9 Å². The summed E-state index contributed by atoms with van der Waals surface area (Å²) in [6.45, 7) is 0. The van der Waals surface area contributed by atoms with Crippen molar-refractivity contribution < 1.29 is 19.8 Å². The molecule has 0 atom stereocenters. The molecule has 94 valence electrons. The summed E-state index contributed by atoms with van der Waals surface area (Å²) in [4.78, 5) is 22.2. The van der Waals surface area contributed by atoms with Crippen molar-refractivity contribution in [2.45, 2.75) is 6.42 Å². The van der Waals surface area contributed by atoms with E-state index in [4.69, 9.17) is 5.11 Å². The van der Waals surface area contributed by atoms with Crippen LogP contribution in [-0.2, 0) is 6.42 Å². The molecule has 4 nitrogen and oxygen atoms in total. The Balaban J connectivity index is 2.22. The van der Waals surface area contributed by atoms with E-state index in [1.54, 1.807) is 30.3 Å². The van der Waals surface area contributed by atoms with Gasteiger partial charge in [0.2, 0.25) is 0 Å². The van der Waals surface area contributed by atoms with Gasteiger partial charge in [-0.1, -0.05) is 18.2 Å². The fraction of sp³-hybridized carbons (Fsp3) is 0.0667. The second-order valence-electron chi connectivity index (χ2n) is 4.49. The monoisotopic (exact) mass is 254 g/mol. The van der Waals surface area contributed by atoms with Gasteiger partial charge in [0, 0.05) is 0 Å². The molecule has 1 aliphatic rings. The highest BCUT2D eigenvalue weighted by molar-refractivity contribution is 5.96. The van der Waals surface area contributed by atoms with Gasteiger partial charge in [0.05, 0.1) is 11.1 Å². The molecule has 0 aliphatic heterocycles. The molecular weight excluding hydrogens is 244 g/mol. The van der Waals surface area contributed by atoms with Gasteiger partial charge in [0.1, 0.15) is 0 Å². The maximum absolute atomic E-state index is 11.2. The van der Waals surface area contributed by atoms with E-state index in [1.807, 2.05) is 6.07 Å². The molecule has 0 fully saturated rings. The predicted molar refractivity (Wildman–Crippen MR) is 68.6 cm³/mol. The zero-order valence-corrected chi connectivity index (χ0v) is 9.88. The lowest BCUT2D eigenvalue weighted by Crippen LogP contribution is -2.01. The van der Waals surface area contributed by atoms with Crippen molar-refractivity contribution in [2.75, 3.05) is 0 Å². The quantitative estimate of drug-likeness (QED) is 0.737. The fourth-order valence-corrected chi connectivity index (χ4v) is 2.53. The van der Waals surface area contributed by atoms with Crippen LogP contribution in [0.5, 0.6) is 0 Å². The molecule has 0 amide bonds. The average molecular weight is 254 g/mol. The molecule has 2 N–H and O–H groups in total. The van der Waals surface area contributed by atoms with Crippen LogP contribution in [0.1, 0.15) is 31.8 Å². The van der Waals surface area contributed by atoms with E-state index in [2.05, 4.69) is 0 Å². The summed E-state index contributed by atoms with van der Waals surface area (Å²) in [7, 11) is 0.